The third kappa shape index (κ3) is 13.2. The predicted octanol–water partition coefficient (Wildman–Crippen LogP) is 2.18. The zero-order valence-corrected chi connectivity index (χ0v) is 25.3. The van der Waals surface area contributed by atoms with Crippen molar-refractivity contribution in [2.24, 2.45) is 16.7 Å². The first-order valence-corrected chi connectivity index (χ1v) is 14.4. The van der Waals surface area contributed by atoms with Crippen molar-refractivity contribution in [1.82, 2.24) is 25.8 Å². The van der Waals surface area contributed by atoms with E-state index in [0.717, 1.165) is 19.3 Å². The number of unbranched alkanes of at least 4 members (excludes halogenated alkanes) is 1. The van der Waals surface area contributed by atoms with Crippen molar-refractivity contribution >= 4 is 17.8 Å². The van der Waals surface area contributed by atoms with Crippen LogP contribution < -0.4 is 15.3 Å². The van der Waals surface area contributed by atoms with Gasteiger partial charge in [0, 0.05) is 24.6 Å². The molecule has 0 spiro atoms. The lowest BCUT2D eigenvalue weighted by Crippen LogP contribution is -2.38. The summed E-state index contributed by atoms with van der Waals surface area (Å²) >= 11 is 0. The van der Waals surface area contributed by atoms with E-state index in [-0.39, 0.29) is 42.1 Å². The van der Waals surface area contributed by atoms with E-state index in [2.05, 4.69) is 41.7 Å². The molecule has 1 unspecified atom stereocenters. The predicted molar refractivity (Wildman–Crippen MR) is 149 cm³/mol. The van der Waals surface area contributed by atoms with Gasteiger partial charge in [-0.15, -0.1) is 0 Å². The number of rotatable bonds is 18. The van der Waals surface area contributed by atoms with E-state index in [1.54, 1.807) is 10.9 Å². The van der Waals surface area contributed by atoms with Crippen molar-refractivity contribution in [2.45, 2.75) is 80.3 Å². The van der Waals surface area contributed by atoms with Crippen molar-refractivity contribution in [3.8, 4) is 0 Å². The molecule has 2 heterocycles. The number of nitrogens with zero attached hydrogens (tertiary/aromatic N) is 3. The lowest BCUT2D eigenvalue weighted by Gasteiger charge is -2.24. The maximum atomic E-state index is 12.7. The topological polar surface area (TPSA) is 139 Å². The number of imide groups is 1. The van der Waals surface area contributed by atoms with Gasteiger partial charge in [-0.2, -0.15) is 4.68 Å². The number of nitrogens with one attached hydrogen (secondary N) is 3. The fraction of sp³-hybridized carbons (Fsp3) is 0.821. The Labute approximate surface area is 238 Å². The fourth-order valence-corrected chi connectivity index (χ4v) is 4.23. The van der Waals surface area contributed by atoms with Crippen LogP contribution in [0.15, 0.2) is 6.20 Å². The molecular weight excluding hydrogens is 516 g/mol. The van der Waals surface area contributed by atoms with Crippen molar-refractivity contribution < 1.29 is 33.3 Å². The molecule has 0 saturated carbocycles. The lowest BCUT2D eigenvalue weighted by molar-refractivity contribution is -0.754. The largest absolute Gasteiger partial charge is 0.377 e. The first-order valence-electron chi connectivity index (χ1n) is 14.4. The number of likely N-dealkylation sites (tertiary alicyclic amines) is 1. The molecule has 1 aliphatic heterocycles. The molecule has 0 aromatic carbocycles. The van der Waals surface area contributed by atoms with Crippen LogP contribution in [0.1, 0.15) is 72.9 Å². The molecule has 1 aromatic rings. The van der Waals surface area contributed by atoms with E-state index in [1.165, 1.54) is 4.90 Å². The van der Waals surface area contributed by atoms with Gasteiger partial charge >= 0.3 is 6.03 Å². The molecule has 228 valence electrons. The minimum absolute atomic E-state index is 0.127. The van der Waals surface area contributed by atoms with Gasteiger partial charge in [0.2, 0.25) is 17.5 Å². The summed E-state index contributed by atoms with van der Waals surface area (Å²) in [6, 6.07) is -0.164. The van der Waals surface area contributed by atoms with Crippen LogP contribution in [0.25, 0.3) is 0 Å². The van der Waals surface area contributed by atoms with Gasteiger partial charge in [-0.1, -0.05) is 53.2 Å². The summed E-state index contributed by atoms with van der Waals surface area (Å²) < 4.78 is 18.3. The Hall–Kier alpha value is -2.57. The Kier molecular flexibility index (Phi) is 14.0. The first-order chi connectivity index (χ1) is 18.9. The molecule has 40 heavy (non-hydrogen) atoms. The minimum Gasteiger partial charge on any atom is -0.377 e. The van der Waals surface area contributed by atoms with Gasteiger partial charge in [0.25, 0.3) is 0 Å². The van der Waals surface area contributed by atoms with Crippen molar-refractivity contribution in [3.63, 3.8) is 0 Å². The number of hydrogen-bond acceptors (Lipinski definition) is 7. The highest BCUT2D eigenvalue weighted by molar-refractivity contribution is 6.03. The summed E-state index contributed by atoms with van der Waals surface area (Å²) in [5.41, 5.74) is 0.714. The number of urea groups is 1. The number of amides is 4. The molecule has 1 saturated heterocycles. The number of aromatic amines is 1. The van der Waals surface area contributed by atoms with Crippen LogP contribution >= 0.6 is 0 Å². The Balaban J connectivity index is 1.42. The molecule has 1 aromatic heterocycles. The Morgan fingerprint density at radius 1 is 0.975 bits per heavy atom. The van der Waals surface area contributed by atoms with Gasteiger partial charge in [0.05, 0.1) is 45.6 Å². The number of hydrogen-bond donors (Lipinski definition) is 3. The summed E-state index contributed by atoms with van der Waals surface area (Å²) in [6.45, 7) is 17.2. The average molecular weight is 568 g/mol. The van der Waals surface area contributed by atoms with Crippen molar-refractivity contribution in [2.75, 3.05) is 52.7 Å². The van der Waals surface area contributed by atoms with Crippen LogP contribution in [-0.4, -0.2) is 85.8 Å². The second kappa shape index (κ2) is 16.6. The van der Waals surface area contributed by atoms with E-state index in [0.29, 0.717) is 70.4 Å². The molecule has 2 rings (SSSR count). The molecule has 0 aliphatic carbocycles. The van der Waals surface area contributed by atoms with Crippen LogP contribution in [-0.2, 0) is 36.9 Å². The molecule has 0 radical (unpaired) electrons. The highest BCUT2D eigenvalue weighted by Gasteiger charge is 2.45. The molecule has 0 bridgehead atoms. The van der Waals surface area contributed by atoms with Gasteiger partial charge in [0.1, 0.15) is 13.1 Å². The quantitative estimate of drug-likeness (QED) is 0.140. The highest BCUT2D eigenvalue weighted by atomic mass is 16.5. The van der Waals surface area contributed by atoms with Gasteiger partial charge in [-0.25, -0.2) is 4.79 Å². The monoisotopic (exact) mass is 567 g/mol. The number of ether oxygens (including phenoxy) is 3. The van der Waals surface area contributed by atoms with E-state index in [1.807, 2.05) is 20.8 Å². The zero-order chi connectivity index (χ0) is 29.6. The van der Waals surface area contributed by atoms with E-state index in [4.69, 9.17) is 14.2 Å². The third-order valence-electron chi connectivity index (χ3n) is 6.63. The number of carbonyl (C=O) groups is 3. The molecule has 1 aliphatic rings. The number of aromatic nitrogens is 3. The molecular formula is C28H51N6O6+. The van der Waals surface area contributed by atoms with Crippen LogP contribution in [0.4, 0.5) is 4.79 Å². The van der Waals surface area contributed by atoms with E-state index < -0.39 is 0 Å². The summed E-state index contributed by atoms with van der Waals surface area (Å²) in [6.07, 6.45) is 5.27. The van der Waals surface area contributed by atoms with E-state index in [9.17, 15) is 14.4 Å². The Bertz CT molecular complexity index is 923. The maximum Gasteiger partial charge on any atom is 0.314 e. The van der Waals surface area contributed by atoms with E-state index >= 15 is 0 Å². The summed E-state index contributed by atoms with van der Waals surface area (Å²) in [4.78, 5) is 38.0. The summed E-state index contributed by atoms with van der Waals surface area (Å²) in [5, 5.41) is 12.7. The van der Waals surface area contributed by atoms with Gasteiger partial charge in [-0.05, 0) is 23.7 Å². The summed E-state index contributed by atoms with van der Waals surface area (Å²) in [5.74, 6) is -0.565. The van der Waals surface area contributed by atoms with Crippen molar-refractivity contribution in [3.05, 3.63) is 11.9 Å². The van der Waals surface area contributed by atoms with Crippen LogP contribution in [0, 0.1) is 16.7 Å². The van der Waals surface area contributed by atoms with Crippen LogP contribution in [0.2, 0.25) is 0 Å². The fourth-order valence-electron chi connectivity index (χ4n) is 4.23. The maximum absolute atomic E-state index is 12.7. The molecule has 3 N–H and O–H groups in total. The number of H-pyrrole nitrogens is 1. The Morgan fingerprint density at radius 3 is 2.23 bits per heavy atom. The SMILES string of the molecule is CC(C)(C)CCCCNC(=O)NCCOCCOCCOCC[n+]1cc(CN2C(=O)CC(C(C)(C)C)C2=O)n[nH]1. The summed E-state index contributed by atoms with van der Waals surface area (Å²) in [7, 11) is 0. The number of carbonyl (C=O) groups excluding carboxylic acids is 3. The molecule has 1 fully saturated rings. The van der Waals surface area contributed by atoms with Gasteiger partial charge < -0.3 is 24.8 Å². The highest BCUT2D eigenvalue weighted by Crippen LogP contribution is 2.35. The molecule has 1 atom stereocenters. The molecule has 4 amide bonds. The first kappa shape index (κ1) is 33.6. The normalized spacial score (nSPS) is 16.1. The van der Waals surface area contributed by atoms with Gasteiger partial charge in [-0.3, -0.25) is 14.5 Å². The zero-order valence-electron chi connectivity index (χ0n) is 25.3. The van der Waals surface area contributed by atoms with Gasteiger partial charge in [0.15, 0.2) is 6.20 Å². The third-order valence-corrected chi connectivity index (χ3v) is 6.63. The van der Waals surface area contributed by atoms with Crippen LogP contribution in [0.3, 0.4) is 0 Å². The second-order valence-corrected chi connectivity index (χ2v) is 12.5. The average Bonchev–Trinajstić information content (AvgIpc) is 3.43. The van der Waals surface area contributed by atoms with Crippen LogP contribution in [0.5, 0.6) is 0 Å². The smallest absolute Gasteiger partial charge is 0.314 e. The second-order valence-electron chi connectivity index (χ2n) is 12.5. The molecule has 12 heteroatoms. The standard InChI is InChI=1S/C28H50N6O6/c1-27(2,3)9-7-8-10-29-26(37)30-11-13-38-15-17-40-18-16-39-14-12-33-20-22(31-32-33)21-34-24(35)19-23(25(34)36)28(4,5)6/h20,23H,7-19,21H2,1-6H3,(H2,29,30,37)/p+1. The van der Waals surface area contributed by atoms with Crippen molar-refractivity contribution in [1.29, 1.82) is 0 Å². The Morgan fingerprint density at radius 2 is 1.60 bits per heavy atom. The lowest BCUT2D eigenvalue weighted by atomic mass is 9.80. The molecule has 12 nitrogen and oxygen atoms in total. The minimum atomic E-state index is -0.290.